The van der Waals surface area contributed by atoms with Crippen molar-refractivity contribution in [3.8, 4) is 5.88 Å². The average molecular weight is 347 g/mol. The zero-order chi connectivity index (χ0) is 17.1. The third-order valence-electron chi connectivity index (χ3n) is 3.96. The second-order valence-corrected chi connectivity index (χ2v) is 6.91. The number of rotatable bonds is 5. The van der Waals surface area contributed by atoms with E-state index in [2.05, 4.69) is 25.2 Å². The first-order valence-corrected chi connectivity index (χ1v) is 8.80. The summed E-state index contributed by atoms with van der Waals surface area (Å²) < 4.78 is 5.58. The fourth-order valence-electron chi connectivity index (χ4n) is 2.66. The second kappa shape index (κ2) is 7.23. The van der Waals surface area contributed by atoms with Crippen LogP contribution in [0, 0.1) is 13.8 Å². The fraction of sp³-hybridized carbons (Fsp3) is 0.500. The highest BCUT2D eigenvalue weighted by molar-refractivity contribution is 7.15. The molecule has 0 saturated heterocycles. The minimum atomic E-state index is -0.0537. The molecule has 2 aromatic heterocycles. The van der Waals surface area contributed by atoms with Gasteiger partial charge in [0.15, 0.2) is 5.13 Å². The summed E-state index contributed by atoms with van der Waals surface area (Å²) >= 11 is 1.50. The summed E-state index contributed by atoms with van der Waals surface area (Å²) in [6.45, 7) is 8.16. The smallest absolute Gasteiger partial charge is 0.240 e. The van der Waals surface area contributed by atoms with Crippen molar-refractivity contribution in [3.63, 3.8) is 0 Å². The Morgan fingerprint density at radius 2 is 2.25 bits per heavy atom. The molecule has 0 spiro atoms. The van der Waals surface area contributed by atoms with Crippen LogP contribution in [0.5, 0.6) is 5.88 Å². The van der Waals surface area contributed by atoms with E-state index in [0.717, 1.165) is 34.8 Å². The molecule has 1 aliphatic heterocycles. The van der Waals surface area contributed by atoms with Gasteiger partial charge in [-0.25, -0.2) is 15.0 Å². The van der Waals surface area contributed by atoms with Crippen molar-refractivity contribution in [2.45, 2.75) is 33.7 Å². The summed E-state index contributed by atoms with van der Waals surface area (Å²) in [4.78, 5) is 28.4. The number of carbonyl (C=O) groups is 1. The first-order chi connectivity index (χ1) is 11.6. The molecule has 0 atom stereocenters. The van der Waals surface area contributed by atoms with Crippen LogP contribution in [0.3, 0.4) is 0 Å². The Hall–Kier alpha value is -2.06. The van der Waals surface area contributed by atoms with Crippen LogP contribution in [-0.4, -0.2) is 45.5 Å². The Balaban J connectivity index is 1.64. The maximum atomic E-state index is 12.3. The lowest BCUT2D eigenvalue weighted by atomic mass is 10.1. The molecule has 1 amide bonds. The molecule has 1 aliphatic rings. The zero-order valence-electron chi connectivity index (χ0n) is 14.1. The van der Waals surface area contributed by atoms with Gasteiger partial charge in [0, 0.05) is 30.0 Å². The normalized spacial score (nSPS) is 14.3. The molecular formula is C16H21N5O2S. The standard InChI is InChI=1S/C16H21N5O2S/c1-4-23-15-12-7-21(6-5-13(12)17-9-18-15)8-14(22)20-16-19-10(2)11(3)24-16/h9H,4-8H2,1-3H3,(H,19,20,22). The van der Waals surface area contributed by atoms with Crippen LogP contribution in [0.2, 0.25) is 0 Å². The molecule has 24 heavy (non-hydrogen) atoms. The predicted octanol–water partition coefficient (Wildman–Crippen LogP) is 1.95. The summed E-state index contributed by atoms with van der Waals surface area (Å²) in [5.41, 5.74) is 2.95. The van der Waals surface area contributed by atoms with Crippen molar-refractivity contribution >= 4 is 22.4 Å². The van der Waals surface area contributed by atoms with Crippen molar-refractivity contribution in [1.29, 1.82) is 0 Å². The SMILES string of the molecule is CCOc1ncnc2c1CN(CC(=O)Nc1nc(C)c(C)s1)CC2. The molecule has 8 heteroatoms. The fourth-order valence-corrected chi connectivity index (χ4v) is 3.49. The van der Waals surface area contributed by atoms with Gasteiger partial charge < -0.3 is 10.1 Å². The summed E-state index contributed by atoms with van der Waals surface area (Å²) in [5, 5.41) is 3.54. The molecule has 128 valence electrons. The largest absolute Gasteiger partial charge is 0.478 e. The maximum absolute atomic E-state index is 12.3. The third-order valence-corrected chi connectivity index (χ3v) is 4.95. The van der Waals surface area contributed by atoms with Crippen LogP contribution in [0.4, 0.5) is 5.13 Å². The highest BCUT2D eigenvalue weighted by Gasteiger charge is 2.23. The predicted molar refractivity (Wildman–Crippen MR) is 92.4 cm³/mol. The first kappa shape index (κ1) is 16.8. The zero-order valence-corrected chi connectivity index (χ0v) is 14.9. The number of nitrogens with one attached hydrogen (secondary N) is 1. The molecule has 2 aromatic rings. The Morgan fingerprint density at radius 3 is 2.96 bits per heavy atom. The van der Waals surface area contributed by atoms with E-state index in [1.807, 2.05) is 20.8 Å². The van der Waals surface area contributed by atoms with Crippen LogP contribution >= 0.6 is 11.3 Å². The topological polar surface area (TPSA) is 80.2 Å². The molecule has 1 N–H and O–H groups in total. The molecule has 0 bridgehead atoms. The van der Waals surface area contributed by atoms with Crippen LogP contribution in [-0.2, 0) is 17.8 Å². The van der Waals surface area contributed by atoms with Crippen LogP contribution in [0.1, 0.15) is 28.8 Å². The van der Waals surface area contributed by atoms with E-state index in [0.29, 0.717) is 30.7 Å². The van der Waals surface area contributed by atoms with E-state index < -0.39 is 0 Å². The lowest BCUT2D eigenvalue weighted by molar-refractivity contribution is -0.117. The number of amides is 1. The highest BCUT2D eigenvalue weighted by Crippen LogP contribution is 2.25. The number of hydrogen-bond acceptors (Lipinski definition) is 7. The Bertz CT molecular complexity index is 727. The first-order valence-electron chi connectivity index (χ1n) is 7.98. The number of hydrogen-bond donors (Lipinski definition) is 1. The monoisotopic (exact) mass is 347 g/mol. The number of carbonyl (C=O) groups excluding carboxylic acids is 1. The lowest BCUT2D eigenvalue weighted by Crippen LogP contribution is -2.37. The van der Waals surface area contributed by atoms with Crippen LogP contribution in [0.15, 0.2) is 6.33 Å². The van der Waals surface area contributed by atoms with E-state index in [4.69, 9.17) is 4.74 Å². The quantitative estimate of drug-likeness (QED) is 0.890. The molecular weight excluding hydrogens is 326 g/mol. The van der Waals surface area contributed by atoms with E-state index in [1.165, 1.54) is 11.3 Å². The Morgan fingerprint density at radius 1 is 1.42 bits per heavy atom. The van der Waals surface area contributed by atoms with E-state index in [1.54, 1.807) is 6.33 Å². The second-order valence-electron chi connectivity index (χ2n) is 5.71. The van der Waals surface area contributed by atoms with Crippen LogP contribution < -0.4 is 10.1 Å². The van der Waals surface area contributed by atoms with Gasteiger partial charge in [-0.1, -0.05) is 0 Å². The Labute approximate surface area is 145 Å². The minimum Gasteiger partial charge on any atom is -0.478 e. The van der Waals surface area contributed by atoms with Gasteiger partial charge in [0.1, 0.15) is 6.33 Å². The molecule has 7 nitrogen and oxygen atoms in total. The van der Waals surface area contributed by atoms with Crippen molar-refractivity contribution < 1.29 is 9.53 Å². The third kappa shape index (κ3) is 3.70. The van der Waals surface area contributed by atoms with Gasteiger partial charge in [0.25, 0.3) is 0 Å². The van der Waals surface area contributed by atoms with E-state index >= 15 is 0 Å². The van der Waals surface area contributed by atoms with Crippen molar-refractivity contribution in [1.82, 2.24) is 19.9 Å². The van der Waals surface area contributed by atoms with Gasteiger partial charge in [-0.2, -0.15) is 0 Å². The molecule has 0 fully saturated rings. The number of nitrogens with zero attached hydrogens (tertiary/aromatic N) is 4. The number of thiazole rings is 1. The highest BCUT2D eigenvalue weighted by atomic mass is 32.1. The van der Waals surface area contributed by atoms with Crippen molar-refractivity contribution in [2.75, 3.05) is 25.0 Å². The molecule has 0 unspecified atom stereocenters. The Kier molecular flexibility index (Phi) is 5.06. The van der Waals surface area contributed by atoms with E-state index in [9.17, 15) is 4.79 Å². The molecule has 3 heterocycles. The number of aryl methyl sites for hydroxylation is 2. The molecule has 0 radical (unpaired) electrons. The van der Waals surface area contributed by atoms with Crippen molar-refractivity contribution in [3.05, 3.63) is 28.2 Å². The summed E-state index contributed by atoms with van der Waals surface area (Å²) in [5.74, 6) is 0.570. The van der Waals surface area contributed by atoms with Gasteiger partial charge in [-0.3, -0.25) is 9.69 Å². The van der Waals surface area contributed by atoms with Gasteiger partial charge in [-0.05, 0) is 20.8 Å². The molecule has 3 rings (SSSR count). The van der Waals surface area contributed by atoms with Gasteiger partial charge in [0.2, 0.25) is 11.8 Å². The van der Waals surface area contributed by atoms with Gasteiger partial charge >= 0.3 is 0 Å². The van der Waals surface area contributed by atoms with Crippen LogP contribution in [0.25, 0.3) is 0 Å². The van der Waals surface area contributed by atoms with Crippen molar-refractivity contribution in [2.24, 2.45) is 0 Å². The molecule has 0 saturated carbocycles. The van der Waals surface area contributed by atoms with Gasteiger partial charge in [-0.15, -0.1) is 11.3 Å². The lowest BCUT2D eigenvalue weighted by Gasteiger charge is -2.27. The van der Waals surface area contributed by atoms with Gasteiger partial charge in [0.05, 0.1) is 24.5 Å². The number of ether oxygens (including phenoxy) is 1. The number of fused-ring (bicyclic) bond motifs is 1. The maximum Gasteiger partial charge on any atom is 0.240 e. The average Bonchev–Trinajstić information content (AvgIpc) is 2.85. The summed E-state index contributed by atoms with van der Waals surface area (Å²) in [6, 6.07) is 0. The number of anilines is 1. The minimum absolute atomic E-state index is 0.0537. The molecule has 0 aliphatic carbocycles. The van der Waals surface area contributed by atoms with E-state index in [-0.39, 0.29) is 5.91 Å². The summed E-state index contributed by atoms with van der Waals surface area (Å²) in [7, 11) is 0. The summed E-state index contributed by atoms with van der Waals surface area (Å²) in [6.07, 6.45) is 2.33. The molecule has 0 aromatic carbocycles. The number of aromatic nitrogens is 3.